The fourth-order valence-electron chi connectivity index (χ4n) is 1.08. The van der Waals surface area contributed by atoms with Crippen molar-refractivity contribution >= 4 is 9.04 Å². The van der Waals surface area contributed by atoms with Gasteiger partial charge in [0.1, 0.15) is 0 Å². The monoisotopic (exact) mass is 160 g/mol. The van der Waals surface area contributed by atoms with E-state index in [9.17, 15) is 0 Å². The normalized spacial score (nSPS) is 14.1. The van der Waals surface area contributed by atoms with Crippen LogP contribution in [0.25, 0.3) is 0 Å². The van der Waals surface area contributed by atoms with E-state index in [1.165, 1.54) is 18.5 Å². The van der Waals surface area contributed by atoms with Gasteiger partial charge in [-0.05, 0) is 25.9 Å². The van der Waals surface area contributed by atoms with Gasteiger partial charge in [-0.3, -0.25) is 0 Å². The molecule has 0 aromatic rings. The molecule has 0 bridgehead atoms. The molecule has 62 valence electrons. The minimum atomic E-state index is -0.771. The fourth-order valence-corrected chi connectivity index (χ4v) is 3.23. The molecule has 1 nitrogen and oxygen atoms in total. The Morgan fingerprint density at radius 1 is 1.30 bits per heavy atom. The second kappa shape index (κ2) is 5.92. The largest absolute Gasteiger partial charge is 0.418 e. The first-order chi connectivity index (χ1) is 4.70. The lowest BCUT2D eigenvalue weighted by atomic mass is 10.5. The van der Waals surface area contributed by atoms with Gasteiger partial charge in [-0.2, -0.15) is 0 Å². The summed E-state index contributed by atoms with van der Waals surface area (Å²) in [7, 11) is -0.771. The summed E-state index contributed by atoms with van der Waals surface area (Å²) in [6.07, 6.45) is 1.74. The Bertz CT molecular complexity index is 73.7. The van der Waals surface area contributed by atoms with E-state index in [1.807, 2.05) is 0 Å². The van der Waals surface area contributed by atoms with Gasteiger partial charge in [0.2, 0.25) is 0 Å². The lowest BCUT2D eigenvalue weighted by Gasteiger charge is -2.16. The van der Waals surface area contributed by atoms with Crippen LogP contribution in [0.1, 0.15) is 34.1 Å². The summed E-state index contributed by atoms with van der Waals surface area (Å²) < 4.78 is 5.78. The van der Waals surface area contributed by atoms with Crippen molar-refractivity contribution in [2.45, 2.75) is 52.3 Å². The molecule has 0 aliphatic carbocycles. The first-order valence-electron chi connectivity index (χ1n) is 4.36. The van der Waals surface area contributed by atoms with Crippen LogP contribution in [0.5, 0.6) is 0 Å². The zero-order valence-electron chi connectivity index (χ0n) is 7.68. The van der Waals surface area contributed by atoms with Crippen molar-refractivity contribution in [2.24, 2.45) is 0 Å². The molecule has 0 aliphatic rings. The van der Waals surface area contributed by atoms with Crippen molar-refractivity contribution in [2.75, 3.05) is 0 Å². The van der Waals surface area contributed by atoms with E-state index < -0.39 is 9.04 Å². The second-order valence-corrected chi connectivity index (χ2v) is 5.91. The van der Waals surface area contributed by atoms with Gasteiger partial charge < -0.3 is 4.43 Å². The average molecular weight is 160 g/mol. The highest BCUT2D eigenvalue weighted by Crippen LogP contribution is 2.06. The Morgan fingerprint density at radius 2 is 1.90 bits per heavy atom. The first kappa shape index (κ1) is 10.2. The Hall–Kier alpha value is 0.177. The van der Waals surface area contributed by atoms with Crippen molar-refractivity contribution in [3.8, 4) is 0 Å². The molecule has 1 atom stereocenters. The van der Waals surface area contributed by atoms with E-state index in [1.54, 1.807) is 0 Å². The molecular weight excluding hydrogens is 140 g/mol. The van der Waals surface area contributed by atoms with E-state index >= 15 is 0 Å². The Labute approximate surface area is 66.5 Å². The van der Waals surface area contributed by atoms with Gasteiger partial charge >= 0.3 is 0 Å². The van der Waals surface area contributed by atoms with Crippen LogP contribution in [0.15, 0.2) is 0 Å². The molecule has 0 amide bonds. The van der Waals surface area contributed by atoms with Gasteiger partial charge in [0.15, 0.2) is 9.04 Å². The van der Waals surface area contributed by atoms with Gasteiger partial charge in [-0.15, -0.1) is 0 Å². The van der Waals surface area contributed by atoms with Gasteiger partial charge in [-0.25, -0.2) is 0 Å². The lowest BCUT2D eigenvalue weighted by molar-refractivity contribution is 0.241. The fraction of sp³-hybridized carbons (Fsp3) is 1.00. The molecule has 0 N–H and O–H groups in total. The molecule has 0 radical (unpaired) electrons. The summed E-state index contributed by atoms with van der Waals surface area (Å²) in [6.45, 7) is 8.74. The highest BCUT2D eigenvalue weighted by molar-refractivity contribution is 6.51. The van der Waals surface area contributed by atoms with Crippen LogP contribution in [-0.4, -0.2) is 15.1 Å². The SMILES string of the molecule is CCC[SiH](CC)OC(C)C. The smallest absolute Gasteiger partial charge is 0.177 e. The highest BCUT2D eigenvalue weighted by Gasteiger charge is 2.08. The minimum absolute atomic E-state index is 0.447. The van der Waals surface area contributed by atoms with Gasteiger partial charge in [0.25, 0.3) is 0 Å². The van der Waals surface area contributed by atoms with Crippen molar-refractivity contribution in [3.63, 3.8) is 0 Å². The molecule has 10 heavy (non-hydrogen) atoms. The predicted octanol–water partition coefficient (Wildman–Crippen LogP) is 2.57. The third kappa shape index (κ3) is 5.00. The topological polar surface area (TPSA) is 9.23 Å². The summed E-state index contributed by atoms with van der Waals surface area (Å²) in [5, 5.41) is 0. The molecule has 0 aromatic heterocycles. The summed E-state index contributed by atoms with van der Waals surface area (Å²) >= 11 is 0. The number of hydrogen-bond acceptors (Lipinski definition) is 1. The molecule has 0 rings (SSSR count). The van der Waals surface area contributed by atoms with Crippen molar-refractivity contribution in [1.29, 1.82) is 0 Å². The van der Waals surface area contributed by atoms with Crippen LogP contribution in [0.2, 0.25) is 12.1 Å². The van der Waals surface area contributed by atoms with Crippen molar-refractivity contribution in [3.05, 3.63) is 0 Å². The maximum atomic E-state index is 5.78. The maximum absolute atomic E-state index is 5.78. The molecule has 0 heterocycles. The van der Waals surface area contributed by atoms with Gasteiger partial charge in [-0.1, -0.05) is 20.3 Å². The molecule has 0 aromatic carbocycles. The predicted molar refractivity (Wildman–Crippen MR) is 48.9 cm³/mol. The van der Waals surface area contributed by atoms with E-state index in [0.717, 1.165) is 0 Å². The maximum Gasteiger partial charge on any atom is 0.177 e. The van der Waals surface area contributed by atoms with Crippen LogP contribution in [-0.2, 0) is 4.43 Å². The van der Waals surface area contributed by atoms with E-state index in [0.29, 0.717) is 6.10 Å². The third-order valence-corrected chi connectivity index (χ3v) is 4.59. The van der Waals surface area contributed by atoms with Crippen LogP contribution < -0.4 is 0 Å². The van der Waals surface area contributed by atoms with Gasteiger partial charge in [0.05, 0.1) is 0 Å². The second-order valence-electron chi connectivity index (χ2n) is 3.00. The lowest BCUT2D eigenvalue weighted by Crippen LogP contribution is -2.20. The van der Waals surface area contributed by atoms with Crippen LogP contribution in [0.3, 0.4) is 0 Å². The number of rotatable bonds is 5. The van der Waals surface area contributed by atoms with Crippen LogP contribution in [0.4, 0.5) is 0 Å². The van der Waals surface area contributed by atoms with Gasteiger partial charge in [0, 0.05) is 6.10 Å². The zero-order valence-corrected chi connectivity index (χ0v) is 8.84. The molecule has 2 heteroatoms. The van der Waals surface area contributed by atoms with Crippen LogP contribution >= 0.6 is 0 Å². The van der Waals surface area contributed by atoms with Crippen LogP contribution in [0, 0.1) is 0 Å². The van der Waals surface area contributed by atoms with Crippen molar-refractivity contribution < 1.29 is 4.43 Å². The van der Waals surface area contributed by atoms with Crippen molar-refractivity contribution in [1.82, 2.24) is 0 Å². The molecule has 0 fully saturated rings. The zero-order chi connectivity index (χ0) is 7.98. The molecular formula is C8H20OSi. The number of hydrogen-bond donors (Lipinski definition) is 0. The van der Waals surface area contributed by atoms with E-state index in [-0.39, 0.29) is 0 Å². The Kier molecular flexibility index (Phi) is 6.03. The quantitative estimate of drug-likeness (QED) is 0.562. The molecule has 0 spiro atoms. The molecule has 0 saturated carbocycles. The summed E-state index contributed by atoms with van der Waals surface area (Å²) in [5.74, 6) is 0. The third-order valence-electron chi connectivity index (χ3n) is 1.53. The first-order valence-corrected chi connectivity index (χ1v) is 6.46. The average Bonchev–Trinajstić information content (AvgIpc) is 1.86. The molecule has 0 aliphatic heterocycles. The summed E-state index contributed by atoms with van der Waals surface area (Å²) in [5.41, 5.74) is 0. The van der Waals surface area contributed by atoms with E-state index in [2.05, 4.69) is 27.7 Å². The molecule has 1 unspecified atom stereocenters. The highest BCUT2D eigenvalue weighted by atomic mass is 28.3. The summed E-state index contributed by atoms with van der Waals surface area (Å²) in [4.78, 5) is 0. The Balaban J connectivity index is 3.39. The standard InChI is InChI=1S/C8H20OSi/c1-5-7-10(6-2)9-8(3)4/h8,10H,5-7H2,1-4H3. The Morgan fingerprint density at radius 3 is 2.20 bits per heavy atom. The minimum Gasteiger partial charge on any atom is -0.418 e. The summed E-state index contributed by atoms with van der Waals surface area (Å²) in [6, 6.07) is 2.63. The molecule has 0 saturated heterocycles. The van der Waals surface area contributed by atoms with E-state index in [4.69, 9.17) is 4.43 Å².